The highest BCUT2D eigenvalue weighted by atomic mass is 79.9. The molecule has 0 amide bonds. The molecule has 1 aliphatic carbocycles. The number of rotatable bonds is 4. The maximum absolute atomic E-state index is 5.87. The molecule has 1 aliphatic rings. The van der Waals surface area contributed by atoms with Crippen molar-refractivity contribution < 1.29 is 4.74 Å². The molecule has 96 valence electrons. The van der Waals surface area contributed by atoms with Crippen LogP contribution in [0.4, 0.5) is 0 Å². The number of aromatic nitrogens is 2. The van der Waals surface area contributed by atoms with E-state index in [1.165, 1.54) is 18.2 Å². The van der Waals surface area contributed by atoms with Crippen LogP contribution in [0, 0.1) is 5.92 Å². The van der Waals surface area contributed by atoms with Crippen molar-refractivity contribution in [2.24, 2.45) is 13.0 Å². The Morgan fingerprint density at radius 3 is 2.94 bits per heavy atom. The first-order chi connectivity index (χ1) is 8.69. The Bertz CT molecular complexity index is 592. The quantitative estimate of drug-likeness (QED) is 0.798. The molecule has 0 atom stereocenters. The van der Waals surface area contributed by atoms with Gasteiger partial charge in [0.1, 0.15) is 10.8 Å². The minimum Gasteiger partial charge on any atom is -0.492 e. The summed E-state index contributed by atoms with van der Waals surface area (Å²) >= 11 is 5.26. The summed E-state index contributed by atoms with van der Waals surface area (Å²) in [6, 6.07) is 4.19. The van der Waals surface area contributed by atoms with Crippen LogP contribution in [0.5, 0.6) is 5.75 Å². The molecule has 1 saturated carbocycles. The van der Waals surface area contributed by atoms with Gasteiger partial charge in [-0.1, -0.05) is 0 Å². The number of hydrogen-bond donors (Lipinski definition) is 0. The highest BCUT2D eigenvalue weighted by Crippen LogP contribution is 2.36. The molecule has 18 heavy (non-hydrogen) atoms. The first-order valence-electron chi connectivity index (χ1n) is 6.02. The molecule has 0 saturated heterocycles. The van der Waals surface area contributed by atoms with E-state index in [4.69, 9.17) is 4.74 Å². The monoisotopic (exact) mass is 326 g/mol. The third-order valence-corrected chi connectivity index (χ3v) is 4.54. The summed E-state index contributed by atoms with van der Waals surface area (Å²) in [5, 5.41) is 6.74. The lowest BCUT2D eigenvalue weighted by molar-refractivity contribution is 0.298. The Balaban J connectivity index is 1.99. The van der Waals surface area contributed by atoms with Crippen LogP contribution in [0.2, 0.25) is 0 Å². The molecule has 1 heterocycles. The number of nitrogens with zero attached hydrogens (tertiary/aromatic N) is 2. The summed E-state index contributed by atoms with van der Waals surface area (Å²) in [5.74, 6) is 1.69. The van der Waals surface area contributed by atoms with Gasteiger partial charge < -0.3 is 4.74 Å². The lowest BCUT2D eigenvalue weighted by Crippen LogP contribution is -2.00. The van der Waals surface area contributed by atoms with Gasteiger partial charge in [0.2, 0.25) is 0 Å². The Labute approximate surface area is 119 Å². The normalized spacial score (nSPS) is 15.3. The molecule has 0 radical (unpaired) electrons. The first-order valence-corrected chi connectivity index (χ1v) is 8.04. The fraction of sp³-hybridized carbons (Fsp3) is 0.462. The van der Waals surface area contributed by atoms with Gasteiger partial charge in [0.15, 0.2) is 0 Å². The maximum Gasteiger partial charge on any atom is 0.135 e. The van der Waals surface area contributed by atoms with E-state index in [2.05, 4.69) is 33.2 Å². The zero-order chi connectivity index (χ0) is 12.7. The lowest BCUT2D eigenvalue weighted by Gasteiger charge is -2.08. The van der Waals surface area contributed by atoms with E-state index in [-0.39, 0.29) is 0 Å². The summed E-state index contributed by atoms with van der Waals surface area (Å²) in [5.41, 5.74) is 1.12. The molecular weight excluding hydrogens is 312 g/mol. The summed E-state index contributed by atoms with van der Waals surface area (Å²) in [6.45, 7) is 0.831. The van der Waals surface area contributed by atoms with Crippen LogP contribution >= 0.6 is 27.7 Å². The third kappa shape index (κ3) is 2.26. The van der Waals surface area contributed by atoms with Gasteiger partial charge in [0.05, 0.1) is 16.6 Å². The minimum absolute atomic E-state index is 0.765. The minimum atomic E-state index is 0.765. The van der Waals surface area contributed by atoms with Gasteiger partial charge in [-0.15, -0.1) is 11.8 Å². The Morgan fingerprint density at radius 1 is 1.50 bits per heavy atom. The van der Waals surface area contributed by atoms with Crippen molar-refractivity contribution >= 4 is 38.6 Å². The highest BCUT2D eigenvalue weighted by molar-refractivity contribution is 9.10. The number of thioether (sulfide) groups is 1. The van der Waals surface area contributed by atoms with Gasteiger partial charge in [-0.25, -0.2) is 0 Å². The van der Waals surface area contributed by atoms with E-state index in [1.54, 1.807) is 11.8 Å². The molecule has 2 aromatic rings. The van der Waals surface area contributed by atoms with Crippen molar-refractivity contribution in [1.82, 2.24) is 9.78 Å². The molecule has 0 spiro atoms. The average molecular weight is 327 g/mol. The number of halogens is 1. The van der Waals surface area contributed by atoms with Crippen molar-refractivity contribution in [2.45, 2.75) is 17.9 Å². The van der Waals surface area contributed by atoms with E-state index in [9.17, 15) is 0 Å². The topological polar surface area (TPSA) is 27.1 Å². The largest absolute Gasteiger partial charge is 0.492 e. The molecule has 1 aromatic heterocycles. The molecule has 3 rings (SSSR count). The predicted octanol–water partition coefficient (Wildman–Crippen LogP) is 3.85. The second-order valence-corrected chi connectivity index (χ2v) is 6.34. The van der Waals surface area contributed by atoms with E-state index in [1.807, 2.05) is 18.0 Å². The number of benzene rings is 1. The van der Waals surface area contributed by atoms with Crippen molar-refractivity contribution in [1.29, 1.82) is 0 Å². The van der Waals surface area contributed by atoms with Crippen molar-refractivity contribution in [2.75, 3.05) is 12.9 Å². The lowest BCUT2D eigenvalue weighted by atomic mass is 10.2. The molecule has 3 nitrogen and oxygen atoms in total. The molecule has 0 unspecified atom stereocenters. The third-order valence-electron chi connectivity index (χ3n) is 3.23. The van der Waals surface area contributed by atoms with E-state index < -0.39 is 0 Å². The van der Waals surface area contributed by atoms with Crippen LogP contribution in [-0.2, 0) is 7.05 Å². The second-order valence-electron chi connectivity index (χ2n) is 4.69. The van der Waals surface area contributed by atoms with Gasteiger partial charge in [-0.3, -0.25) is 4.68 Å². The maximum atomic E-state index is 5.87. The van der Waals surface area contributed by atoms with Crippen molar-refractivity contribution in [3.05, 3.63) is 16.6 Å². The van der Waals surface area contributed by atoms with Crippen LogP contribution in [0.1, 0.15) is 12.8 Å². The van der Waals surface area contributed by atoms with Crippen LogP contribution in [0.3, 0.4) is 0 Å². The number of fused-ring (bicyclic) bond motifs is 1. The van der Waals surface area contributed by atoms with Crippen LogP contribution in [0.15, 0.2) is 21.6 Å². The van der Waals surface area contributed by atoms with Crippen molar-refractivity contribution in [3.63, 3.8) is 0 Å². The molecular formula is C13H15BrN2OS. The molecule has 0 aliphatic heterocycles. The molecule has 5 heteroatoms. The van der Waals surface area contributed by atoms with Crippen LogP contribution < -0.4 is 4.74 Å². The predicted molar refractivity (Wildman–Crippen MR) is 78.4 cm³/mol. The second kappa shape index (κ2) is 4.78. The summed E-state index contributed by atoms with van der Waals surface area (Å²) in [4.78, 5) is 0. The Hall–Kier alpha value is -0.680. The number of ether oxygens (including phenoxy) is 1. The zero-order valence-corrected chi connectivity index (χ0v) is 12.8. The van der Waals surface area contributed by atoms with Gasteiger partial charge in [-0.05, 0) is 47.0 Å². The highest BCUT2D eigenvalue weighted by Gasteiger charge is 2.22. The standard InChI is InChI=1S/C13H15BrN2OS/c1-16-11-6-12(17-7-8-3-4-8)10(14)5-9(11)13(15-16)18-2/h5-6,8H,3-4,7H2,1-2H3. The average Bonchev–Trinajstić information content (AvgIpc) is 3.13. The summed E-state index contributed by atoms with van der Waals surface area (Å²) in [6.07, 6.45) is 4.66. The Morgan fingerprint density at radius 2 is 2.28 bits per heavy atom. The number of hydrogen-bond acceptors (Lipinski definition) is 3. The summed E-state index contributed by atoms with van der Waals surface area (Å²) in [7, 11) is 1.97. The van der Waals surface area contributed by atoms with E-state index >= 15 is 0 Å². The van der Waals surface area contributed by atoms with Crippen LogP contribution in [-0.4, -0.2) is 22.6 Å². The van der Waals surface area contributed by atoms with Gasteiger partial charge in [0, 0.05) is 18.5 Å². The van der Waals surface area contributed by atoms with Crippen LogP contribution in [0.25, 0.3) is 10.9 Å². The summed E-state index contributed by atoms with van der Waals surface area (Å²) < 4.78 is 8.80. The Kier molecular flexibility index (Phi) is 3.28. The SMILES string of the molecule is CSc1nn(C)c2cc(OCC3CC3)c(Br)cc12. The molecule has 1 aromatic carbocycles. The molecule has 1 fully saturated rings. The smallest absolute Gasteiger partial charge is 0.135 e. The van der Waals surface area contributed by atoms with E-state index in [0.717, 1.165) is 33.3 Å². The van der Waals surface area contributed by atoms with E-state index in [0.29, 0.717) is 0 Å². The van der Waals surface area contributed by atoms with Gasteiger partial charge in [-0.2, -0.15) is 5.10 Å². The fourth-order valence-corrected chi connectivity index (χ4v) is 3.02. The van der Waals surface area contributed by atoms with Gasteiger partial charge >= 0.3 is 0 Å². The zero-order valence-electron chi connectivity index (χ0n) is 10.4. The first kappa shape index (κ1) is 12.4. The van der Waals surface area contributed by atoms with Gasteiger partial charge in [0.25, 0.3) is 0 Å². The molecule has 0 N–H and O–H groups in total. The van der Waals surface area contributed by atoms with Crippen molar-refractivity contribution in [3.8, 4) is 5.75 Å². The molecule has 0 bridgehead atoms. The number of aryl methyl sites for hydroxylation is 1. The fourth-order valence-electron chi connectivity index (χ4n) is 1.98.